The SMILES string of the molecule is CC1CC1c1ccc(CN(CC(O)COCc2ccccc2F)C2CC2)o1. The first-order chi connectivity index (χ1) is 13.1. The number of nitrogens with zero attached hydrogens (tertiary/aromatic N) is 1. The first-order valence-corrected chi connectivity index (χ1v) is 9.92. The summed E-state index contributed by atoms with van der Waals surface area (Å²) in [7, 11) is 0. The van der Waals surface area contributed by atoms with Crippen LogP contribution in [0.2, 0.25) is 0 Å². The van der Waals surface area contributed by atoms with Crippen molar-refractivity contribution in [2.24, 2.45) is 5.92 Å². The van der Waals surface area contributed by atoms with E-state index >= 15 is 0 Å². The summed E-state index contributed by atoms with van der Waals surface area (Å²) in [5.74, 6) is 3.12. The normalized spacial score (nSPS) is 23.0. The molecule has 2 aliphatic rings. The van der Waals surface area contributed by atoms with Gasteiger partial charge in [0.1, 0.15) is 17.3 Å². The molecule has 0 radical (unpaired) electrons. The van der Waals surface area contributed by atoms with Gasteiger partial charge in [-0.15, -0.1) is 0 Å². The molecule has 0 amide bonds. The lowest BCUT2D eigenvalue weighted by Crippen LogP contribution is -2.36. The monoisotopic (exact) mass is 373 g/mol. The van der Waals surface area contributed by atoms with Gasteiger partial charge in [-0.25, -0.2) is 4.39 Å². The molecule has 2 fully saturated rings. The van der Waals surface area contributed by atoms with Crippen LogP contribution in [0.5, 0.6) is 0 Å². The van der Waals surface area contributed by atoms with Crippen LogP contribution in [0.25, 0.3) is 0 Å². The maximum absolute atomic E-state index is 13.6. The molecule has 5 heteroatoms. The molecule has 2 saturated carbocycles. The van der Waals surface area contributed by atoms with Crippen LogP contribution < -0.4 is 0 Å². The highest BCUT2D eigenvalue weighted by molar-refractivity contribution is 5.18. The zero-order valence-electron chi connectivity index (χ0n) is 15.8. The number of hydrogen-bond acceptors (Lipinski definition) is 4. The summed E-state index contributed by atoms with van der Waals surface area (Å²) in [6, 6.07) is 11.2. The molecule has 146 valence electrons. The minimum absolute atomic E-state index is 0.175. The van der Waals surface area contributed by atoms with Crippen LogP contribution in [0.1, 0.15) is 49.2 Å². The summed E-state index contributed by atoms with van der Waals surface area (Å²) in [6.07, 6.45) is 2.94. The van der Waals surface area contributed by atoms with Crippen molar-refractivity contribution in [1.82, 2.24) is 4.90 Å². The summed E-state index contributed by atoms with van der Waals surface area (Å²) in [5.41, 5.74) is 0.515. The molecule has 4 rings (SSSR count). The number of ether oxygens (including phenoxy) is 1. The Kier molecular flexibility index (Phi) is 5.62. The van der Waals surface area contributed by atoms with Crippen LogP contribution in [0.15, 0.2) is 40.8 Å². The first-order valence-electron chi connectivity index (χ1n) is 9.92. The third-order valence-corrected chi connectivity index (χ3v) is 5.55. The fraction of sp³-hybridized carbons (Fsp3) is 0.545. The predicted molar refractivity (Wildman–Crippen MR) is 101 cm³/mol. The van der Waals surface area contributed by atoms with Crippen molar-refractivity contribution in [1.29, 1.82) is 0 Å². The van der Waals surface area contributed by atoms with E-state index in [0.29, 0.717) is 24.1 Å². The molecule has 4 nitrogen and oxygen atoms in total. The van der Waals surface area contributed by atoms with Gasteiger partial charge in [-0.3, -0.25) is 4.90 Å². The van der Waals surface area contributed by atoms with Crippen LogP contribution in [0.4, 0.5) is 4.39 Å². The predicted octanol–water partition coefficient (Wildman–Crippen LogP) is 4.08. The molecular formula is C22H28FNO3. The molecule has 3 atom stereocenters. The zero-order valence-corrected chi connectivity index (χ0v) is 15.8. The Hall–Kier alpha value is -1.69. The largest absolute Gasteiger partial charge is 0.464 e. The third kappa shape index (κ3) is 4.98. The maximum atomic E-state index is 13.6. The molecule has 0 aliphatic heterocycles. The Morgan fingerprint density at radius 2 is 2.04 bits per heavy atom. The standard InChI is InChI=1S/C22H28FNO3/c1-15-10-20(15)22-9-8-19(27-22)12-24(17-6-7-17)11-18(25)14-26-13-16-4-2-3-5-21(16)23/h2-5,8-9,15,17-18,20,25H,6-7,10-14H2,1H3. The van der Waals surface area contributed by atoms with Gasteiger partial charge in [-0.2, -0.15) is 0 Å². The van der Waals surface area contributed by atoms with Gasteiger partial charge >= 0.3 is 0 Å². The van der Waals surface area contributed by atoms with Crippen molar-refractivity contribution in [2.45, 2.75) is 57.4 Å². The van der Waals surface area contributed by atoms with Gasteiger partial charge in [0.15, 0.2) is 0 Å². The highest BCUT2D eigenvalue weighted by Gasteiger charge is 2.37. The van der Waals surface area contributed by atoms with E-state index < -0.39 is 6.10 Å². The minimum atomic E-state index is -0.602. The number of aliphatic hydroxyl groups is 1. The molecule has 0 saturated heterocycles. The van der Waals surface area contributed by atoms with Gasteiger partial charge in [0.25, 0.3) is 0 Å². The minimum Gasteiger partial charge on any atom is -0.464 e. The lowest BCUT2D eigenvalue weighted by atomic mass is 10.2. The van der Waals surface area contributed by atoms with E-state index in [-0.39, 0.29) is 19.0 Å². The summed E-state index contributed by atoms with van der Waals surface area (Å²) in [6.45, 7) is 3.88. The molecule has 3 unspecified atom stereocenters. The van der Waals surface area contributed by atoms with Gasteiger partial charge in [0.05, 0.1) is 25.9 Å². The van der Waals surface area contributed by atoms with Gasteiger partial charge < -0.3 is 14.3 Å². The van der Waals surface area contributed by atoms with E-state index in [9.17, 15) is 9.50 Å². The van der Waals surface area contributed by atoms with Crippen molar-refractivity contribution in [2.75, 3.05) is 13.2 Å². The van der Waals surface area contributed by atoms with Crippen LogP contribution in [0.3, 0.4) is 0 Å². The molecule has 1 aromatic heterocycles. The van der Waals surface area contributed by atoms with E-state index in [4.69, 9.17) is 9.15 Å². The second-order valence-electron chi connectivity index (χ2n) is 8.04. The molecule has 1 N–H and O–H groups in total. The fourth-order valence-electron chi connectivity index (χ4n) is 3.62. The van der Waals surface area contributed by atoms with E-state index in [2.05, 4.69) is 24.0 Å². The van der Waals surface area contributed by atoms with Crippen LogP contribution in [0, 0.1) is 11.7 Å². The molecular weight excluding hydrogens is 345 g/mol. The Balaban J connectivity index is 1.25. The highest BCUT2D eigenvalue weighted by atomic mass is 19.1. The van der Waals surface area contributed by atoms with Crippen molar-refractivity contribution in [3.05, 3.63) is 59.3 Å². The molecule has 27 heavy (non-hydrogen) atoms. The number of rotatable bonds is 10. The van der Waals surface area contributed by atoms with Crippen LogP contribution >= 0.6 is 0 Å². The number of halogens is 1. The van der Waals surface area contributed by atoms with Gasteiger partial charge in [0.2, 0.25) is 0 Å². The quantitative estimate of drug-likeness (QED) is 0.682. The Morgan fingerprint density at radius 1 is 1.26 bits per heavy atom. The van der Waals surface area contributed by atoms with Crippen LogP contribution in [-0.2, 0) is 17.9 Å². The van der Waals surface area contributed by atoms with Crippen molar-refractivity contribution >= 4 is 0 Å². The summed E-state index contributed by atoms with van der Waals surface area (Å²) in [4.78, 5) is 2.27. The molecule has 0 spiro atoms. The molecule has 1 heterocycles. The van der Waals surface area contributed by atoms with Crippen molar-refractivity contribution < 1.29 is 18.7 Å². The van der Waals surface area contributed by atoms with Crippen LogP contribution in [-0.4, -0.2) is 35.3 Å². The first kappa shape index (κ1) is 18.7. The topological polar surface area (TPSA) is 45.8 Å². The Morgan fingerprint density at radius 3 is 2.74 bits per heavy atom. The van der Waals surface area contributed by atoms with Gasteiger partial charge in [0, 0.05) is 24.1 Å². The van der Waals surface area contributed by atoms with E-state index in [1.54, 1.807) is 18.2 Å². The number of hydrogen-bond donors (Lipinski definition) is 1. The number of aliphatic hydroxyl groups excluding tert-OH is 1. The second kappa shape index (κ2) is 8.13. The summed E-state index contributed by atoms with van der Waals surface area (Å²) >= 11 is 0. The van der Waals surface area contributed by atoms with E-state index in [1.165, 1.54) is 12.5 Å². The van der Waals surface area contributed by atoms with Gasteiger partial charge in [-0.1, -0.05) is 25.1 Å². The lowest BCUT2D eigenvalue weighted by Gasteiger charge is -2.24. The van der Waals surface area contributed by atoms with Crippen molar-refractivity contribution in [3.8, 4) is 0 Å². The second-order valence-corrected chi connectivity index (χ2v) is 8.04. The summed E-state index contributed by atoms with van der Waals surface area (Å²) < 4.78 is 25.2. The molecule has 1 aromatic carbocycles. The van der Waals surface area contributed by atoms with E-state index in [1.807, 2.05) is 0 Å². The highest BCUT2D eigenvalue weighted by Crippen LogP contribution is 2.47. The van der Waals surface area contributed by atoms with E-state index in [0.717, 1.165) is 36.8 Å². The summed E-state index contributed by atoms with van der Waals surface area (Å²) in [5, 5.41) is 10.4. The lowest BCUT2D eigenvalue weighted by molar-refractivity contribution is 0.00530. The fourth-order valence-corrected chi connectivity index (χ4v) is 3.62. The maximum Gasteiger partial charge on any atom is 0.128 e. The average molecular weight is 373 g/mol. The smallest absolute Gasteiger partial charge is 0.128 e. The molecule has 0 bridgehead atoms. The Labute approximate surface area is 159 Å². The van der Waals surface area contributed by atoms with Crippen molar-refractivity contribution in [3.63, 3.8) is 0 Å². The Bertz CT molecular complexity index is 758. The number of benzene rings is 1. The molecule has 2 aliphatic carbocycles. The van der Waals surface area contributed by atoms with Gasteiger partial charge in [-0.05, 0) is 43.4 Å². The average Bonchev–Trinajstić information content (AvgIpc) is 3.56. The molecule has 2 aromatic rings. The number of furan rings is 1. The zero-order chi connectivity index (χ0) is 18.8. The third-order valence-electron chi connectivity index (χ3n) is 5.55.